The highest BCUT2D eigenvalue weighted by Crippen LogP contribution is 2.56. The molecule has 6 aliphatic carbocycles. The Hall–Kier alpha value is -5.85. The van der Waals surface area contributed by atoms with Crippen LogP contribution in [-0.4, -0.2) is 53.4 Å². The Morgan fingerprint density at radius 3 is 2.53 bits per heavy atom. The van der Waals surface area contributed by atoms with Crippen LogP contribution in [0.25, 0.3) is 5.70 Å². The minimum Gasteiger partial charge on any atom is -0.403 e. The van der Waals surface area contributed by atoms with Gasteiger partial charge in [-0.1, -0.05) is 148 Å². The van der Waals surface area contributed by atoms with Crippen LogP contribution < -0.4 is 16.4 Å². The van der Waals surface area contributed by atoms with Crippen molar-refractivity contribution >= 4 is 11.4 Å². The number of aliphatic imine (C=N–C) groups is 1. The lowest BCUT2D eigenvalue weighted by Crippen LogP contribution is -2.51. The fourth-order valence-corrected chi connectivity index (χ4v) is 10.8. The molecule has 2 saturated carbocycles. The Labute approximate surface area is 383 Å². The molecule has 330 valence electrons. The van der Waals surface area contributed by atoms with E-state index in [0.717, 1.165) is 60.2 Å². The average molecular weight is 849 g/mol. The molecule has 1 aromatic carbocycles. The molecule has 9 rings (SSSR count). The van der Waals surface area contributed by atoms with Gasteiger partial charge in [0.25, 0.3) is 0 Å². The van der Waals surface area contributed by atoms with E-state index in [1.54, 1.807) is 0 Å². The van der Waals surface area contributed by atoms with E-state index in [2.05, 4.69) is 187 Å². The van der Waals surface area contributed by atoms with Crippen LogP contribution in [0.15, 0.2) is 210 Å². The van der Waals surface area contributed by atoms with Crippen LogP contribution >= 0.6 is 0 Å². The number of fused-ring (bicyclic) bond motifs is 1. The van der Waals surface area contributed by atoms with Crippen molar-refractivity contribution in [1.29, 1.82) is 0 Å². The number of nitrogens with one attached hydrogen (secondary N) is 2. The summed E-state index contributed by atoms with van der Waals surface area (Å²) >= 11 is 0. The summed E-state index contributed by atoms with van der Waals surface area (Å²) in [6.07, 6.45) is 55.6. The summed E-state index contributed by atoms with van der Waals surface area (Å²) in [6.45, 7) is 12.8. The topological polar surface area (TPSA) is 68.7 Å². The van der Waals surface area contributed by atoms with Gasteiger partial charge in [0.15, 0.2) is 0 Å². The number of nitrogens with zero attached hydrogens (tertiary/aromatic N) is 3. The summed E-state index contributed by atoms with van der Waals surface area (Å²) in [4.78, 5) is 10.2. The molecule has 3 fully saturated rings. The maximum absolute atomic E-state index is 6.57. The molecule has 4 N–H and O–H groups in total. The molecule has 1 aromatic rings. The summed E-state index contributed by atoms with van der Waals surface area (Å²) < 4.78 is 0. The van der Waals surface area contributed by atoms with E-state index in [9.17, 15) is 0 Å². The van der Waals surface area contributed by atoms with Gasteiger partial charge < -0.3 is 26.2 Å². The van der Waals surface area contributed by atoms with Gasteiger partial charge >= 0.3 is 0 Å². The molecule has 0 amide bonds. The second-order valence-corrected chi connectivity index (χ2v) is 19.1. The van der Waals surface area contributed by atoms with Gasteiger partial charge in [-0.05, 0) is 115 Å². The Morgan fingerprint density at radius 2 is 1.78 bits per heavy atom. The maximum atomic E-state index is 6.57. The van der Waals surface area contributed by atoms with E-state index in [0.29, 0.717) is 24.4 Å². The van der Waals surface area contributed by atoms with Crippen molar-refractivity contribution in [2.75, 3.05) is 20.1 Å². The quantitative estimate of drug-likeness (QED) is 0.105. The van der Waals surface area contributed by atoms with Crippen molar-refractivity contribution < 1.29 is 0 Å². The van der Waals surface area contributed by atoms with Crippen molar-refractivity contribution in [3.05, 3.63) is 210 Å². The Bertz CT molecular complexity index is 2400. The molecule has 2 aliphatic heterocycles. The normalized spacial score (nSPS) is 33.1. The van der Waals surface area contributed by atoms with Crippen LogP contribution in [0.3, 0.4) is 0 Å². The molecule has 1 saturated heterocycles. The van der Waals surface area contributed by atoms with Crippen molar-refractivity contribution in [3.8, 4) is 0 Å². The lowest BCUT2D eigenvalue weighted by Gasteiger charge is -2.41. The first-order chi connectivity index (χ1) is 31.3. The number of nitrogens with two attached hydrogens (primary N) is 1. The molecule has 0 bridgehead atoms. The zero-order valence-corrected chi connectivity index (χ0v) is 38.1. The number of rotatable bonds is 13. The van der Waals surface area contributed by atoms with Crippen LogP contribution in [0.2, 0.25) is 0 Å². The molecule has 64 heavy (non-hydrogen) atoms. The van der Waals surface area contributed by atoms with Crippen molar-refractivity contribution in [3.63, 3.8) is 0 Å². The summed E-state index contributed by atoms with van der Waals surface area (Å²) in [5.41, 5.74) is 18.1. The third-order valence-electron chi connectivity index (χ3n) is 14.7. The molecule has 4 unspecified atom stereocenters. The Morgan fingerprint density at radius 1 is 0.922 bits per heavy atom. The predicted molar refractivity (Wildman–Crippen MR) is 269 cm³/mol. The Kier molecular flexibility index (Phi) is 13.2. The molecule has 8 aliphatic rings. The van der Waals surface area contributed by atoms with E-state index < -0.39 is 0 Å². The van der Waals surface area contributed by atoms with Gasteiger partial charge in [0.1, 0.15) is 6.17 Å². The number of hydrogen-bond donors (Lipinski definition) is 3. The average Bonchev–Trinajstić information content (AvgIpc) is 4.26. The van der Waals surface area contributed by atoms with Crippen LogP contribution in [0.1, 0.15) is 70.3 Å². The molecular weight excluding hydrogens is 781 g/mol. The van der Waals surface area contributed by atoms with E-state index in [4.69, 9.17) is 10.7 Å². The van der Waals surface area contributed by atoms with Crippen LogP contribution in [0.4, 0.5) is 0 Å². The van der Waals surface area contributed by atoms with Crippen LogP contribution in [0, 0.1) is 29.6 Å². The highest BCUT2D eigenvalue weighted by Gasteiger charge is 2.50. The highest BCUT2D eigenvalue weighted by molar-refractivity contribution is 6.02. The molecule has 2 heterocycles. The first-order valence-electron chi connectivity index (χ1n) is 24.0. The van der Waals surface area contributed by atoms with Gasteiger partial charge in [-0.2, -0.15) is 0 Å². The maximum Gasteiger partial charge on any atom is 0.123 e. The molecule has 0 aromatic heterocycles. The number of benzene rings is 1. The van der Waals surface area contributed by atoms with Crippen molar-refractivity contribution in [2.24, 2.45) is 40.3 Å². The summed E-state index contributed by atoms with van der Waals surface area (Å²) in [5.74, 6) is 2.61. The van der Waals surface area contributed by atoms with Crippen molar-refractivity contribution in [1.82, 2.24) is 20.4 Å². The molecule has 0 radical (unpaired) electrons. The van der Waals surface area contributed by atoms with E-state index in [-0.39, 0.29) is 17.6 Å². The molecule has 6 heteroatoms. The zero-order valence-electron chi connectivity index (χ0n) is 38.1. The minimum atomic E-state index is -0.122. The zero-order chi connectivity index (χ0) is 44.0. The first kappa shape index (κ1) is 43.4. The molecule has 7 atom stereocenters. The van der Waals surface area contributed by atoms with Crippen LogP contribution in [-0.2, 0) is 0 Å². The van der Waals surface area contributed by atoms with Gasteiger partial charge in [-0.3, -0.25) is 4.99 Å². The smallest absolute Gasteiger partial charge is 0.123 e. The summed E-state index contributed by atoms with van der Waals surface area (Å²) in [7, 11) is 2.01. The third kappa shape index (κ3) is 9.93. The predicted octanol–water partition coefficient (Wildman–Crippen LogP) is 11.5. The molecular formula is C58H68N6. The van der Waals surface area contributed by atoms with E-state index in [1.807, 2.05) is 13.2 Å². The second kappa shape index (κ2) is 19.5. The van der Waals surface area contributed by atoms with Gasteiger partial charge in [-0.15, -0.1) is 0 Å². The fourth-order valence-electron chi connectivity index (χ4n) is 10.8. The third-order valence-corrected chi connectivity index (χ3v) is 14.7. The van der Waals surface area contributed by atoms with Gasteiger partial charge in [0.2, 0.25) is 0 Å². The lowest BCUT2D eigenvalue weighted by molar-refractivity contribution is 0.350. The summed E-state index contributed by atoms with van der Waals surface area (Å²) in [5, 5.41) is 7.54. The van der Waals surface area contributed by atoms with Gasteiger partial charge in [0, 0.05) is 66.4 Å². The van der Waals surface area contributed by atoms with Gasteiger partial charge in [0.05, 0.1) is 18.8 Å². The fraction of sp³-hybridized carbons (Fsp3) is 0.362. The standard InChI is InChI=1S/C58H68N6/c1-41-17-14-15-31-63(57-40-64(57)56(38-59)49-28-30-58(3,62-50-24-12-7-13-25-50)53(36-49)51-27-26-48-35-52(48)51)32-29-47(33-42(41)2)46-23-16-18-43(34-46)39-61-55(45-21-10-6-11-22-45)37-54(60-4)44-19-8-5-9-20-44/h5,7-9,12-20,24,26-29,31-34,36-38,45-46,48,50-52,57,60,62H,1-2,6,10-11,21-23,25,30,35,39-40,59H2,3-4H3/b17-14-,31-15-,32-29-,47-33+,54-37-,56-38-,61-55+/t46?,48-,50?,51?,52?,57-,58-,64?/m0/s1. The second-order valence-electron chi connectivity index (χ2n) is 19.1. The largest absolute Gasteiger partial charge is 0.403 e. The minimum absolute atomic E-state index is 0.122. The van der Waals surface area contributed by atoms with E-state index >= 15 is 0 Å². The van der Waals surface area contributed by atoms with Crippen molar-refractivity contribution in [2.45, 2.75) is 82.5 Å². The number of hydrogen-bond acceptors (Lipinski definition) is 6. The molecule has 6 nitrogen and oxygen atoms in total. The first-order valence-corrected chi connectivity index (χ1v) is 24.0. The highest BCUT2D eigenvalue weighted by atomic mass is 15.5. The van der Waals surface area contributed by atoms with E-state index in [1.165, 1.54) is 72.1 Å². The monoisotopic (exact) mass is 849 g/mol. The molecule has 0 spiro atoms. The van der Waals surface area contributed by atoms with Gasteiger partial charge in [-0.25, -0.2) is 0 Å². The Balaban J connectivity index is 0.945. The SMILES string of the molecule is C=C1/C=C\C=C/N([C@@H]2CN2/C(=C\N)C2=CC[C@](C)(NC3C=CC=CC3)C(C3C=C[C@H]4CC34)=C2)/C=C\C(C2C=C(C/N=C(\C=C(/NC)c3ccccc3)C3CCCCC3)C=CC2)=C/C1=C. The lowest BCUT2D eigenvalue weighted by atomic mass is 9.74. The van der Waals surface area contributed by atoms with Crippen LogP contribution in [0.5, 0.6) is 0 Å². The number of allylic oxidation sites excluding steroid dienone is 16. The summed E-state index contributed by atoms with van der Waals surface area (Å²) in [6, 6.07) is 10.9.